The van der Waals surface area contributed by atoms with Crippen molar-refractivity contribution in [3.05, 3.63) is 0 Å². The fourth-order valence-electron chi connectivity index (χ4n) is 4.06. The van der Waals surface area contributed by atoms with Crippen LogP contribution in [0.5, 0.6) is 0 Å². The van der Waals surface area contributed by atoms with Crippen LogP contribution in [0, 0.1) is 0 Å². The first-order valence-electron chi connectivity index (χ1n) is 15.2. The first kappa shape index (κ1) is 38.0. The summed E-state index contributed by atoms with van der Waals surface area (Å²) < 4.78 is 32.4. The van der Waals surface area contributed by atoms with Gasteiger partial charge in [-0.1, -0.05) is 103 Å². The zero-order valence-corrected chi connectivity index (χ0v) is 26.5. The average molecular weight is 580 g/mol. The van der Waals surface area contributed by atoms with Gasteiger partial charge in [0.2, 0.25) is 0 Å². The summed E-state index contributed by atoms with van der Waals surface area (Å²) >= 11 is 0. The van der Waals surface area contributed by atoms with Crippen molar-refractivity contribution in [3.63, 3.8) is 0 Å². The van der Waals surface area contributed by atoms with Gasteiger partial charge in [-0.25, -0.2) is 0 Å². The lowest BCUT2D eigenvalue weighted by atomic mass is 10.0. The van der Waals surface area contributed by atoms with Crippen LogP contribution in [-0.4, -0.2) is 70.0 Å². The molecule has 2 atom stereocenters. The lowest BCUT2D eigenvalue weighted by molar-refractivity contribution is -0.870. The van der Waals surface area contributed by atoms with Crippen LogP contribution in [0.3, 0.4) is 0 Å². The van der Waals surface area contributed by atoms with Crippen molar-refractivity contribution in [1.82, 2.24) is 0 Å². The summed E-state index contributed by atoms with van der Waals surface area (Å²) in [4.78, 5) is 35.4. The second-order valence-electron chi connectivity index (χ2n) is 11.6. The highest BCUT2D eigenvalue weighted by molar-refractivity contribution is 7.45. The highest BCUT2D eigenvalue weighted by Crippen LogP contribution is 2.38. The molecule has 232 valence electrons. The Morgan fingerprint density at radius 2 is 1.21 bits per heavy atom. The monoisotopic (exact) mass is 579 g/mol. The molecule has 0 aliphatic heterocycles. The molecule has 10 heteroatoms. The van der Waals surface area contributed by atoms with E-state index in [4.69, 9.17) is 18.5 Å². The maximum atomic E-state index is 12.1. The van der Waals surface area contributed by atoms with Gasteiger partial charge in [0, 0.05) is 13.3 Å². The van der Waals surface area contributed by atoms with Crippen LogP contribution >= 0.6 is 7.82 Å². The second-order valence-corrected chi connectivity index (χ2v) is 13.0. The van der Waals surface area contributed by atoms with Gasteiger partial charge in [0.05, 0.1) is 27.7 Å². The van der Waals surface area contributed by atoms with Crippen molar-refractivity contribution < 1.29 is 42.1 Å². The first-order chi connectivity index (χ1) is 18.4. The number of hydrogen-bond acceptors (Lipinski definition) is 8. The van der Waals surface area contributed by atoms with Gasteiger partial charge in [0.25, 0.3) is 7.82 Å². The minimum Gasteiger partial charge on any atom is -0.756 e. The SMILES string of the molecule is CCCCCCCCCCCCCCCCCCC(=O)OC[C@H](COP(=O)([O-])OCC[N+](C)(C)C)OC(C)=O. The molecule has 0 aromatic heterocycles. The standard InChI is InChI=1S/C29H58NO8P/c1-6-7-8-9-10-11-12-13-14-15-16-17-18-19-20-21-22-29(32)35-25-28(38-27(2)31)26-37-39(33,34)36-24-23-30(3,4)5/h28H,6-26H2,1-5H3/t28-/m1/s1. The Morgan fingerprint density at radius 1 is 0.744 bits per heavy atom. The molecule has 0 radical (unpaired) electrons. The summed E-state index contributed by atoms with van der Waals surface area (Å²) in [5.74, 6) is -1.02. The van der Waals surface area contributed by atoms with Gasteiger partial charge < -0.3 is 27.9 Å². The van der Waals surface area contributed by atoms with E-state index < -0.39 is 32.5 Å². The van der Waals surface area contributed by atoms with Crippen molar-refractivity contribution in [2.45, 2.75) is 129 Å². The molecular weight excluding hydrogens is 521 g/mol. The third-order valence-corrected chi connectivity index (χ3v) is 7.39. The van der Waals surface area contributed by atoms with Gasteiger partial charge in [0.1, 0.15) is 19.8 Å². The first-order valence-corrected chi connectivity index (χ1v) is 16.6. The number of hydrogen-bond donors (Lipinski definition) is 0. The molecule has 0 aliphatic carbocycles. The van der Waals surface area contributed by atoms with E-state index in [2.05, 4.69) is 6.92 Å². The van der Waals surface area contributed by atoms with Crippen molar-refractivity contribution in [2.24, 2.45) is 0 Å². The Labute approximate surface area is 238 Å². The van der Waals surface area contributed by atoms with E-state index in [1.165, 1.54) is 90.4 Å². The Bertz CT molecular complexity index is 668. The predicted octanol–water partition coefficient (Wildman–Crippen LogP) is 6.32. The van der Waals surface area contributed by atoms with E-state index in [9.17, 15) is 19.0 Å². The number of rotatable bonds is 27. The van der Waals surface area contributed by atoms with Crippen LogP contribution in [0.1, 0.15) is 123 Å². The fraction of sp³-hybridized carbons (Fsp3) is 0.931. The average Bonchev–Trinajstić information content (AvgIpc) is 2.84. The predicted molar refractivity (Wildman–Crippen MR) is 153 cm³/mol. The molecule has 0 heterocycles. The molecular formula is C29H58NO8P. The lowest BCUT2D eigenvalue weighted by Crippen LogP contribution is -2.37. The van der Waals surface area contributed by atoms with Gasteiger partial charge in [0.15, 0.2) is 6.10 Å². The minimum absolute atomic E-state index is 0.0309. The topological polar surface area (TPSA) is 111 Å². The smallest absolute Gasteiger partial charge is 0.305 e. The van der Waals surface area contributed by atoms with E-state index in [0.717, 1.165) is 19.3 Å². The molecule has 0 spiro atoms. The van der Waals surface area contributed by atoms with Crippen LogP contribution in [0.25, 0.3) is 0 Å². The molecule has 0 aromatic carbocycles. The van der Waals surface area contributed by atoms with Crippen LogP contribution < -0.4 is 4.89 Å². The number of esters is 2. The molecule has 0 aromatic rings. The van der Waals surface area contributed by atoms with E-state index in [1.54, 1.807) is 0 Å². The number of phosphoric acid groups is 1. The van der Waals surface area contributed by atoms with Gasteiger partial charge >= 0.3 is 11.9 Å². The number of ether oxygens (including phenoxy) is 2. The van der Waals surface area contributed by atoms with Crippen molar-refractivity contribution in [2.75, 3.05) is 47.5 Å². The highest BCUT2D eigenvalue weighted by atomic mass is 31.2. The van der Waals surface area contributed by atoms with Gasteiger partial charge in [-0.2, -0.15) is 0 Å². The third kappa shape index (κ3) is 28.3. The third-order valence-electron chi connectivity index (χ3n) is 6.43. The molecule has 0 aliphatic rings. The Balaban J connectivity index is 3.84. The Hall–Kier alpha value is -0.990. The van der Waals surface area contributed by atoms with Crippen molar-refractivity contribution in [3.8, 4) is 0 Å². The Morgan fingerprint density at radius 3 is 1.64 bits per heavy atom. The number of nitrogens with zero attached hydrogens (tertiary/aromatic N) is 1. The minimum atomic E-state index is -4.56. The molecule has 0 rings (SSSR count). The normalized spacial score (nSPS) is 14.1. The summed E-state index contributed by atoms with van der Waals surface area (Å²) in [6.45, 7) is 3.15. The number of phosphoric ester groups is 1. The number of likely N-dealkylation sites (N-methyl/N-ethyl adjacent to an activating group) is 1. The molecule has 0 N–H and O–H groups in total. The number of carbonyl (C=O) groups excluding carboxylic acids is 2. The molecule has 0 amide bonds. The van der Waals surface area contributed by atoms with E-state index in [0.29, 0.717) is 11.0 Å². The van der Waals surface area contributed by atoms with Crippen LogP contribution in [0.4, 0.5) is 0 Å². The summed E-state index contributed by atoms with van der Waals surface area (Å²) in [5.41, 5.74) is 0. The summed E-state index contributed by atoms with van der Waals surface area (Å²) in [6.07, 6.45) is 19.4. The Kier molecular flexibility index (Phi) is 23.1. The van der Waals surface area contributed by atoms with Crippen LogP contribution in [0.2, 0.25) is 0 Å². The van der Waals surface area contributed by atoms with Crippen molar-refractivity contribution >= 4 is 19.8 Å². The number of unbranched alkanes of at least 4 members (excludes halogenated alkanes) is 15. The van der Waals surface area contributed by atoms with Gasteiger partial charge in [-0.3, -0.25) is 14.2 Å². The lowest BCUT2D eigenvalue weighted by Gasteiger charge is -2.28. The van der Waals surface area contributed by atoms with E-state index >= 15 is 0 Å². The summed E-state index contributed by atoms with van der Waals surface area (Å²) in [7, 11) is 1.16. The van der Waals surface area contributed by atoms with Crippen molar-refractivity contribution in [1.29, 1.82) is 0 Å². The maximum absolute atomic E-state index is 12.1. The largest absolute Gasteiger partial charge is 0.756 e. The van der Waals surface area contributed by atoms with E-state index in [1.807, 2.05) is 21.1 Å². The zero-order valence-electron chi connectivity index (χ0n) is 25.6. The molecule has 0 bridgehead atoms. The fourth-order valence-corrected chi connectivity index (χ4v) is 4.79. The maximum Gasteiger partial charge on any atom is 0.305 e. The molecule has 39 heavy (non-hydrogen) atoms. The molecule has 0 fully saturated rings. The quantitative estimate of drug-likeness (QED) is 0.0481. The van der Waals surface area contributed by atoms with E-state index in [-0.39, 0.29) is 19.6 Å². The summed E-state index contributed by atoms with van der Waals surface area (Å²) in [6, 6.07) is 0. The molecule has 0 saturated heterocycles. The number of carbonyl (C=O) groups is 2. The number of quaternary nitrogens is 1. The second kappa shape index (κ2) is 23.7. The van der Waals surface area contributed by atoms with Gasteiger partial charge in [-0.05, 0) is 6.42 Å². The highest BCUT2D eigenvalue weighted by Gasteiger charge is 2.20. The molecule has 0 saturated carbocycles. The molecule has 9 nitrogen and oxygen atoms in total. The zero-order chi connectivity index (χ0) is 29.4. The molecule has 1 unspecified atom stereocenters. The van der Waals surface area contributed by atoms with Gasteiger partial charge in [-0.15, -0.1) is 0 Å². The summed E-state index contributed by atoms with van der Waals surface area (Å²) in [5, 5.41) is 0. The van der Waals surface area contributed by atoms with Crippen LogP contribution in [0.15, 0.2) is 0 Å². The van der Waals surface area contributed by atoms with Crippen LogP contribution in [-0.2, 0) is 32.7 Å².